The van der Waals surface area contributed by atoms with E-state index in [1.807, 2.05) is 0 Å². The average Bonchev–Trinajstić information content (AvgIpc) is 2.58. The predicted molar refractivity (Wildman–Crippen MR) is 92.7 cm³/mol. The molecule has 0 radical (unpaired) electrons. The molecule has 0 spiro atoms. The lowest BCUT2D eigenvalue weighted by Gasteiger charge is -2.21. The minimum absolute atomic E-state index is 0.0504. The first-order chi connectivity index (χ1) is 12.3. The van der Waals surface area contributed by atoms with E-state index in [0.717, 1.165) is 0 Å². The number of carbonyl (C=O) groups is 3. The third-order valence-corrected chi connectivity index (χ3v) is 4.70. The van der Waals surface area contributed by atoms with Crippen molar-refractivity contribution in [2.24, 2.45) is 5.92 Å². The molecule has 134 valence electrons. The number of rotatable bonds is 5. The molecule has 3 N–H and O–H groups in total. The van der Waals surface area contributed by atoms with Crippen LogP contribution in [0, 0.1) is 5.92 Å². The molecule has 0 amide bonds. The zero-order valence-corrected chi connectivity index (χ0v) is 14.2. The minimum atomic E-state index is -0.616. The van der Waals surface area contributed by atoms with E-state index >= 15 is 0 Å². The first-order valence-electron chi connectivity index (χ1n) is 8.23. The number of benzene rings is 2. The highest BCUT2D eigenvalue weighted by Gasteiger charge is 2.34. The van der Waals surface area contributed by atoms with Gasteiger partial charge in [0.15, 0.2) is 5.78 Å². The Bertz CT molecular complexity index is 928. The number of Topliss-reactive ketones (excluding diaryl/α,β-unsaturated/α-hetero) is 1. The van der Waals surface area contributed by atoms with Gasteiger partial charge in [0.1, 0.15) is 17.3 Å². The zero-order valence-electron chi connectivity index (χ0n) is 14.2. The van der Waals surface area contributed by atoms with Gasteiger partial charge in [0.2, 0.25) is 5.78 Å². The van der Waals surface area contributed by atoms with Crippen LogP contribution in [0.15, 0.2) is 30.3 Å². The lowest BCUT2D eigenvalue weighted by atomic mass is 9.81. The highest BCUT2D eigenvalue weighted by molar-refractivity contribution is 6.30. The fourth-order valence-electron chi connectivity index (χ4n) is 3.35. The van der Waals surface area contributed by atoms with Gasteiger partial charge >= 0.3 is 0 Å². The van der Waals surface area contributed by atoms with E-state index in [4.69, 9.17) is 5.11 Å². The van der Waals surface area contributed by atoms with E-state index in [9.17, 15) is 24.6 Å². The fraction of sp³-hybridized carbons (Fsp3) is 0.250. The summed E-state index contributed by atoms with van der Waals surface area (Å²) < 4.78 is 0. The van der Waals surface area contributed by atoms with Crippen LogP contribution in [0.25, 0.3) is 0 Å². The molecule has 1 aliphatic rings. The number of phenolic OH excluding ortho intramolecular Hbond substituents is 2. The third kappa shape index (κ3) is 2.88. The Kier molecular flexibility index (Phi) is 4.61. The van der Waals surface area contributed by atoms with E-state index in [-0.39, 0.29) is 59.0 Å². The number of hydrogen-bond acceptors (Lipinski definition) is 6. The van der Waals surface area contributed by atoms with Crippen LogP contribution in [-0.4, -0.2) is 39.3 Å². The average molecular weight is 354 g/mol. The molecule has 6 nitrogen and oxygen atoms in total. The molecule has 0 aliphatic heterocycles. The van der Waals surface area contributed by atoms with Gasteiger partial charge in [0, 0.05) is 23.7 Å². The maximum atomic E-state index is 12.8. The highest BCUT2D eigenvalue weighted by Crippen LogP contribution is 2.37. The van der Waals surface area contributed by atoms with Crippen molar-refractivity contribution in [2.45, 2.75) is 19.8 Å². The topological polar surface area (TPSA) is 112 Å². The largest absolute Gasteiger partial charge is 0.507 e. The maximum absolute atomic E-state index is 12.8. The van der Waals surface area contributed by atoms with Crippen LogP contribution < -0.4 is 0 Å². The molecule has 0 aromatic heterocycles. The Morgan fingerprint density at radius 2 is 1.69 bits per heavy atom. The summed E-state index contributed by atoms with van der Waals surface area (Å²) in [4.78, 5) is 37.2. The molecular formula is C20H18O6. The molecule has 3 rings (SSSR count). The molecule has 0 saturated carbocycles. The molecule has 0 saturated heterocycles. The second kappa shape index (κ2) is 6.72. The van der Waals surface area contributed by atoms with Crippen LogP contribution in [0.5, 0.6) is 11.5 Å². The molecule has 2 aromatic carbocycles. The van der Waals surface area contributed by atoms with Crippen LogP contribution in [-0.2, 0) is 11.2 Å². The van der Waals surface area contributed by atoms with E-state index in [1.165, 1.54) is 37.3 Å². The van der Waals surface area contributed by atoms with Crippen molar-refractivity contribution in [3.05, 3.63) is 58.1 Å². The smallest absolute Gasteiger partial charge is 0.201 e. The molecule has 0 bridgehead atoms. The third-order valence-electron chi connectivity index (χ3n) is 4.70. The summed E-state index contributed by atoms with van der Waals surface area (Å²) in [5, 5.41) is 29.4. The van der Waals surface area contributed by atoms with Gasteiger partial charge in [-0.05, 0) is 43.5 Å². The lowest BCUT2D eigenvalue weighted by molar-refractivity contribution is -0.121. The first kappa shape index (κ1) is 17.8. The molecule has 6 heteroatoms. The number of aromatic hydroxyl groups is 2. The van der Waals surface area contributed by atoms with Gasteiger partial charge in [-0.1, -0.05) is 12.1 Å². The second-order valence-electron chi connectivity index (χ2n) is 6.42. The quantitative estimate of drug-likeness (QED) is 0.646. The van der Waals surface area contributed by atoms with E-state index in [0.29, 0.717) is 5.56 Å². The first-order valence-corrected chi connectivity index (χ1v) is 8.23. The van der Waals surface area contributed by atoms with Crippen LogP contribution in [0.4, 0.5) is 0 Å². The normalized spacial score (nSPS) is 13.9. The van der Waals surface area contributed by atoms with Crippen molar-refractivity contribution < 1.29 is 29.7 Å². The van der Waals surface area contributed by atoms with Gasteiger partial charge in [0.05, 0.1) is 11.1 Å². The molecule has 26 heavy (non-hydrogen) atoms. The number of aliphatic hydroxyl groups excluding tert-OH is 1. The van der Waals surface area contributed by atoms with Gasteiger partial charge in [-0.25, -0.2) is 0 Å². The number of hydrogen-bond donors (Lipinski definition) is 3. The van der Waals surface area contributed by atoms with E-state index in [1.54, 1.807) is 0 Å². The fourth-order valence-corrected chi connectivity index (χ4v) is 3.35. The maximum Gasteiger partial charge on any atom is 0.201 e. The Hall–Kier alpha value is -2.99. The Morgan fingerprint density at radius 1 is 1.00 bits per heavy atom. The van der Waals surface area contributed by atoms with Crippen LogP contribution in [0.1, 0.15) is 50.8 Å². The van der Waals surface area contributed by atoms with Crippen molar-refractivity contribution in [3.63, 3.8) is 0 Å². The second-order valence-corrected chi connectivity index (χ2v) is 6.42. The van der Waals surface area contributed by atoms with Gasteiger partial charge in [-0.15, -0.1) is 0 Å². The number of carbonyl (C=O) groups excluding carboxylic acids is 3. The molecule has 1 atom stereocenters. The minimum Gasteiger partial charge on any atom is -0.507 e. The van der Waals surface area contributed by atoms with Gasteiger partial charge in [-0.2, -0.15) is 0 Å². The van der Waals surface area contributed by atoms with Crippen molar-refractivity contribution in [3.8, 4) is 11.5 Å². The monoisotopic (exact) mass is 354 g/mol. The molecule has 1 unspecified atom stereocenters. The number of aliphatic hydroxyl groups is 1. The summed E-state index contributed by atoms with van der Waals surface area (Å²) >= 11 is 0. The summed E-state index contributed by atoms with van der Waals surface area (Å²) in [5.74, 6) is -2.30. The summed E-state index contributed by atoms with van der Waals surface area (Å²) in [6.07, 6.45) is 0.516. The Balaban J connectivity index is 2.09. The van der Waals surface area contributed by atoms with Gasteiger partial charge in [-0.3, -0.25) is 14.4 Å². The number of ketones is 3. The molecule has 2 aromatic rings. The van der Waals surface area contributed by atoms with Crippen molar-refractivity contribution in [2.75, 3.05) is 6.61 Å². The summed E-state index contributed by atoms with van der Waals surface area (Å²) in [6.45, 7) is 1.28. The molecule has 0 fully saturated rings. The van der Waals surface area contributed by atoms with E-state index < -0.39 is 17.5 Å². The summed E-state index contributed by atoms with van der Waals surface area (Å²) in [6, 6.07) is 7.08. The Labute approximate surface area is 149 Å². The van der Waals surface area contributed by atoms with E-state index in [2.05, 4.69) is 0 Å². The van der Waals surface area contributed by atoms with Crippen molar-refractivity contribution >= 4 is 17.3 Å². The highest BCUT2D eigenvalue weighted by atomic mass is 16.3. The van der Waals surface area contributed by atoms with Crippen molar-refractivity contribution in [1.29, 1.82) is 0 Å². The van der Waals surface area contributed by atoms with Gasteiger partial charge < -0.3 is 15.3 Å². The summed E-state index contributed by atoms with van der Waals surface area (Å²) in [7, 11) is 0. The van der Waals surface area contributed by atoms with Crippen molar-refractivity contribution in [1.82, 2.24) is 0 Å². The molecular weight excluding hydrogens is 336 g/mol. The predicted octanol–water partition coefficient (Wildman–Crippen LogP) is 2.00. The van der Waals surface area contributed by atoms with Crippen LogP contribution in [0.3, 0.4) is 0 Å². The standard InChI is InChI=1S/C20H18O6/c1-10(22)12(5-6-21)7-11-8-14-18(16(24)9-11)20(26)17-13(19(14)25)3-2-4-15(17)23/h2-4,8-9,12,21,23-24H,5-7H2,1H3. The summed E-state index contributed by atoms with van der Waals surface area (Å²) in [5.41, 5.74) is 0.399. The van der Waals surface area contributed by atoms with Crippen LogP contribution >= 0.6 is 0 Å². The zero-order chi connectivity index (χ0) is 19.0. The molecule has 0 heterocycles. The Morgan fingerprint density at radius 3 is 2.35 bits per heavy atom. The number of fused-ring (bicyclic) bond motifs is 2. The SMILES string of the molecule is CC(=O)C(CCO)Cc1cc(O)c2c(c1)C(=O)c1cccc(O)c1C2=O. The number of phenols is 2. The molecule has 1 aliphatic carbocycles. The van der Waals surface area contributed by atoms with Crippen LogP contribution in [0.2, 0.25) is 0 Å². The van der Waals surface area contributed by atoms with Gasteiger partial charge in [0.25, 0.3) is 0 Å². The lowest BCUT2D eigenvalue weighted by Crippen LogP contribution is -2.22.